The van der Waals surface area contributed by atoms with Crippen molar-refractivity contribution in [2.45, 2.75) is 12.1 Å². The van der Waals surface area contributed by atoms with Crippen LogP contribution in [0.3, 0.4) is 0 Å². The lowest BCUT2D eigenvalue weighted by atomic mass is 9.89. The molecule has 3 aromatic rings. The summed E-state index contributed by atoms with van der Waals surface area (Å²) in [5, 5.41) is 24.5. The summed E-state index contributed by atoms with van der Waals surface area (Å²) in [6, 6.07) is 15.0. The average molecular weight is 520 g/mol. The molecule has 13 heteroatoms. The standard InChI is InChI=1S/C25H20N4O9/c1-36-19-12-17(18(29(34)35)13-20(19)37-2)22-21-23(38-27(22)15-6-4-3-5-7-15)25(31)26(24(21)30)14-8-10-16(11-9-14)28(32)33/h3-13,21-23H,1-2H3/t21-,22+,23+/m0/s1. The number of nitro groups is 2. The Labute approximate surface area is 215 Å². The van der Waals surface area contributed by atoms with Crippen LogP contribution in [0.1, 0.15) is 11.6 Å². The van der Waals surface area contributed by atoms with Crippen LogP contribution in [0.15, 0.2) is 66.7 Å². The number of anilines is 2. The number of hydroxylamine groups is 1. The van der Waals surface area contributed by atoms with E-state index in [0.717, 1.165) is 4.90 Å². The molecule has 0 saturated carbocycles. The largest absolute Gasteiger partial charge is 0.493 e. The molecule has 0 bridgehead atoms. The normalized spacial score (nSPS) is 20.4. The summed E-state index contributed by atoms with van der Waals surface area (Å²) in [6.45, 7) is 0. The first kappa shape index (κ1) is 24.6. The first-order valence-electron chi connectivity index (χ1n) is 11.3. The van der Waals surface area contributed by atoms with Crippen molar-refractivity contribution in [1.29, 1.82) is 0 Å². The summed E-state index contributed by atoms with van der Waals surface area (Å²) in [7, 11) is 2.71. The number of benzene rings is 3. The van der Waals surface area contributed by atoms with Gasteiger partial charge in [0.25, 0.3) is 17.3 Å². The zero-order valence-electron chi connectivity index (χ0n) is 20.0. The molecule has 38 heavy (non-hydrogen) atoms. The number of fused-ring (bicyclic) bond motifs is 1. The van der Waals surface area contributed by atoms with E-state index in [1.165, 1.54) is 55.7 Å². The number of amides is 2. The number of methoxy groups -OCH3 is 2. The van der Waals surface area contributed by atoms with Gasteiger partial charge < -0.3 is 9.47 Å². The molecule has 0 radical (unpaired) electrons. The van der Waals surface area contributed by atoms with Crippen molar-refractivity contribution < 1.29 is 33.7 Å². The van der Waals surface area contributed by atoms with Gasteiger partial charge >= 0.3 is 0 Å². The van der Waals surface area contributed by atoms with Gasteiger partial charge in [-0.25, -0.2) is 9.96 Å². The number of non-ortho nitro benzene ring substituents is 1. The number of nitrogens with zero attached hydrogens (tertiary/aromatic N) is 4. The lowest BCUT2D eigenvalue weighted by Gasteiger charge is -2.28. The highest BCUT2D eigenvalue weighted by molar-refractivity contribution is 6.24. The fraction of sp³-hybridized carbons (Fsp3) is 0.200. The van der Waals surface area contributed by atoms with Crippen LogP contribution >= 0.6 is 0 Å². The number of carbonyl (C=O) groups is 2. The highest BCUT2D eigenvalue weighted by Gasteiger charge is 2.61. The van der Waals surface area contributed by atoms with Crippen molar-refractivity contribution in [3.63, 3.8) is 0 Å². The molecule has 0 aliphatic carbocycles. The molecule has 0 unspecified atom stereocenters. The summed E-state index contributed by atoms with van der Waals surface area (Å²) in [4.78, 5) is 56.1. The second kappa shape index (κ2) is 9.44. The second-order valence-electron chi connectivity index (χ2n) is 8.47. The smallest absolute Gasteiger partial charge is 0.278 e. The Morgan fingerprint density at radius 2 is 1.45 bits per heavy atom. The van der Waals surface area contributed by atoms with Crippen molar-refractivity contribution in [1.82, 2.24) is 0 Å². The molecule has 2 aliphatic rings. The third-order valence-corrected chi connectivity index (χ3v) is 6.49. The Kier molecular flexibility index (Phi) is 6.12. The highest BCUT2D eigenvalue weighted by Crippen LogP contribution is 2.51. The monoisotopic (exact) mass is 520 g/mol. The quantitative estimate of drug-likeness (QED) is 0.256. The predicted octanol–water partition coefficient (Wildman–Crippen LogP) is 3.57. The number of para-hydroxylation sites is 1. The van der Waals surface area contributed by atoms with Gasteiger partial charge in [0, 0.05) is 12.1 Å². The molecule has 0 aromatic heterocycles. The minimum absolute atomic E-state index is 0.0794. The van der Waals surface area contributed by atoms with Crippen molar-refractivity contribution in [3.05, 3.63) is 92.5 Å². The van der Waals surface area contributed by atoms with Gasteiger partial charge in [0.15, 0.2) is 17.6 Å². The fourth-order valence-electron chi connectivity index (χ4n) is 4.79. The van der Waals surface area contributed by atoms with Crippen LogP contribution in [0.5, 0.6) is 11.5 Å². The van der Waals surface area contributed by atoms with Crippen LogP contribution in [0.25, 0.3) is 0 Å². The van der Waals surface area contributed by atoms with Gasteiger partial charge in [0.05, 0.1) is 47.1 Å². The van der Waals surface area contributed by atoms with Crippen LogP contribution in [0.2, 0.25) is 0 Å². The van der Waals surface area contributed by atoms with Gasteiger partial charge in [0.2, 0.25) is 5.91 Å². The Balaban J connectivity index is 1.65. The Hall–Kier alpha value is -5.04. The number of ether oxygens (including phenoxy) is 2. The second-order valence-corrected chi connectivity index (χ2v) is 8.47. The molecule has 2 heterocycles. The van der Waals surface area contributed by atoms with E-state index in [1.54, 1.807) is 30.3 Å². The molecule has 5 rings (SSSR count). The maximum absolute atomic E-state index is 13.8. The van der Waals surface area contributed by atoms with Gasteiger partial charge in [-0.15, -0.1) is 0 Å². The Morgan fingerprint density at radius 1 is 0.816 bits per heavy atom. The third-order valence-electron chi connectivity index (χ3n) is 6.49. The first-order valence-corrected chi connectivity index (χ1v) is 11.3. The van der Waals surface area contributed by atoms with E-state index in [1.807, 2.05) is 0 Å². The van der Waals surface area contributed by atoms with Crippen LogP contribution < -0.4 is 19.4 Å². The topological polar surface area (TPSA) is 155 Å². The van der Waals surface area contributed by atoms with E-state index in [4.69, 9.17) is 14.3 Å². The van der Waals surface area contributed by atoms with Gasteiger partial charge in [-0.3, -0.25) is 34.7 Å². The van der Waals surface area contributed by atoms with Gasteiger partial charge in [-0.05, 0) is 30.3 Å². The van der Waals surface area contributed by atoms with Crippen molar-refractivity contribution in [3.8, 4) is 11.5 Å². The number of hydrogen-bond acceptors (Lipinski definition) is 10. The van der Waals surface area contributed by atoms with Crippen LogP contribution in [-0.2, 0) is 14.4 Å². The number of imide groups is 1. The molecule has 3 atom stereocenters. The lowest BCUT2D eigenvalue weighted by molar-refractivity contribution is -0.385. The molecule has 2 amide bonds. The maximum Gasteiger partial charge on any atom is 0.278 e. The third kappa shape index (κ3) is 3.85. The summed E-state index contributed by atoms with van der Waals surface area (Å²) in [5.74, 6) is -2.23. The molecular formula is C25H20N4O9. The van der Waals surface area contributed by atoms with Gasteiger partial charge in [-0.2, -0.15) is 0 Å². The summed E-state index contributed by atoms with van der Waals surface area (Å²) in [6.07, 6.45) is -1.30. The minimum Gasteiger partial charge on any atom is -0.493 e. The van der Waals surface area contributed by atoms with Crippen LogP contribution in [0, 0.1) is 26.1 Å². The average Bonchev–Trinajstić information content (AvgIpc) is 3.43. The number of hydrogen-bond donors (Lipinski definition) is 0. The first-order chi connectivity index (χ1) is 18.3. The molecular weight excluding hydrogens is 500 g/mol. The molecule has 194 valence electrons. The molecule has 2 fully saturated rings. The van der Waals surface area contributed by atoms with E-state index in [9.17, 15) is 29.8 Å². The van der Waals surface area contributed by atoms with E-state index in [0.29, 0.717) is 5.69 Å². The minimum atomic E-state index is -1.30. The molecule has 13 nitrogen and oxygen atoms in total. The fourth-order valence-corrected chi connectivity index (χ4v) is 4.79. The Morgan fingerprint density at radius 3 is 2.03 bits per heavy atom. The van der Waals surface area contributed by atoms with Gasteiger partial charge in [0.1, 0.15) is 12.0 Å². The number of nitro benzene ring substituents is 2. The van der Waals surface area contributed by atoms with E-state index in [-0.39, 0.29) is 34.1 Å². The van der Waals surface area contributed by atoms with Crippen LogP contribution in [-0.4, -0.2) is 42.0 Å². The van der Waals surface area contributed by atoms with Crippen molar-refractivity contribution in [2.24, 2.45) is 5.92 Å². The molecule has 0 spiro atoms. The van der Waals surface area contributed by atoms with E-state index in [2.05, 4.69) is 0 Å². The highest BCUT2D eigenvalue weighted by atomic mass is 16.7. The number of rotatable bonds is 7. The Bertz CT molecular complexity index is 1450. The summed E-state index contributed by atoms with van der Waals surface area (Å²) in [5.41, 5.74) is 0.106. The lowest BCUT2D eigenvalue weighted by Crippen LogP contribution is -2.37. The van der Waals surface area contributed by atoms with Crippen molar-refractivity contribution in [2.75, 3.05) is 24.2 Å². The number of carbonyl (C=O) groups excluding carboxylic acids is 2. The van der Waals surface area contributed by atoms with E-state index >= 15 is 0 Å². The molecule has 2 saturated heterocycles. The van der Waals surface area contributed by atoms with E-state index < -0.39 is 39.7 Å². The van der Waals surface area contributed by atoms with Crippen LogP contribution in [0.4, 0.5) is 22.7 Å². The molecule has 2 aliphatic heterocycles. The molecule has 3 aromatic carbocycles. The predicted molar refractivity (Wildman–Crippen MR) is 132 cm³/mol. The maximum atomic E-state index is 13.8. The zero-order valence-corrected chi connectivity index (χ0v) is 20.0. The van der Waals surface area contributed by atoms with Gasteiger partial charge in [-0.1, -0.05) is 18.2 Å². The molecule has 0 N–H and O–H groups in total. The zero-order chi connectivity index (χ0) is 27.1. The SMILES string of the molecule is COc1cc([C@@H]2[C@@H]3C(=O)N(c4ccc([N+](=O)[O-])cc4)C(=O)[C@@H]3ON2c2ccccc2)c([N+](=O)[O-])cc1OC. The summed E-state index contributed by atoms with van der Waals surface area (Å²) >= 11 is 0. The van der Waals surface area contributed by atoms with Crippen molar-refractivity contribution >= 4 is 34.6 Å². The summed E-state index contributed by atoms with van der Waals surface area (Å²) < 4.78 is 10.6.